The molecule has 0 heterocycles. The van der Waals surface area contributed by atoms with Crippen molar-refractivity contribution in [3.05, 3.63) is 23.8 Å². The van der Waals surface area contributed by atoms with Crippen LogP contribution in [0.2, 0.25) is 0 Å². The third-order valence-electron chi connectivity index (χ3n) is 2.40. The quantitative estimate of drug-likeness (QED) is 0.534. The van der Waals surface area contributed by atoms with Gasteiger partial charge in [0.05, 0.1) is 13.2 Å². The first-order valence-electron chi connectivity index (χ1n) is 6.21. The number of carbonyl (C=O) groups is 1. The Hall–Kier alpha value is -1.22. The monoisotopic (exact) mass is 270 g/mol. The normalized spacial score (nSPS) is 10.2. The fraction of sp³-hybridized carbons (Fsp3) is 0.500. The van der Waals surface area contributed by atoms with Crippen molar-refractivity contribution < 1.29 is 14.3 Å². The van der Waals surface area contributed by atoms with Crippen LogP contribution >= 0.6 is 11.6 Å². The largest absolute Gasteiger partial charge is 0.490 e. The number of benzene rings is 1. The van der Waals surface area contributed by atoms with Gasteiger partial charge in [-0.2, -0.15) is 0 Å². The second-order valence-electron chi connectivity index (χ2n) is 3.74. The number of carbonyl (C=O) groups excluding carboxylic acids is 1. The molecule has 18 heavy (non-hydrogen) atoms. The van der Waals surface area contributed by atoms with Gasteiger partial charge in [0.15, 0.2) is 17.3 Å². The minimum Gasteiger partial charge on any atom is -0.490 e. The first kappa shape index (κ1) is 14.8. The minimum absolute atomic E-state index is 0.0830. The van der Waals surface area contributed by atoms with E-state index in [-0.39, 0.29) is 5.78 Å². The van der Waals surface area contributed by atoms with E-state index in [0.717, 1.165) is 0 Å². The summed E-state index contributed by atoms with van der Waals surface area (Å²) >= 11 is 5.58. The highest BCUT2D eigenvalue weighted by Gasteiger charge is 2.11. The average Bonchev–Trinajstić information content (AvgIpc) is 2.38. The lowest BCUT2D eigenvalue weighted by atomic mass is 10.1. The summed E-state index contributed by atoms with van der Waals surface area (Å²) in [6.07, 6.45) is 1.15. The summed E-state index contributed by atoms with van der Waals surface area (Å²) < 4.78 is 10.9. The average molecular weight is 271 g/mol. The van der Waals surface area contributed by atoms with E-state index in [4.69, 9.17) is 21.1 Å². The molecule has 0 bridgehead atoms. The van der Waals surface area contributed by atoms with E-state index in [0.29, 0.717) is 49.0 Å². The topological polar surface area (TPSA) is 35.5 Å². The molecule has 0 saturated carbocycles. The Morgan fingerprint density at radius 2 is 1.83 bits per heavy atom. The zero-order valence-electron chi connectivity index (χ0n) is 10.9. The van der Waals surface area contributed by atoms with E-state index in [1.54, 1.807) is 18.2 Å². The van der Waals surface area contributed by atoms with Crippen LogP contribution < -0.4 is 9.47 Å². The maximum absolute atomic E-state index is 11.9. The molecule has 0 radical (unpaired) electrons. The van der Waals surface area contributed by atoms with Crippen LogP contribution in [0.25, 0.3) is 0 Å². The van der Waals surface area contributed by atoms with Gasteiger partial charge in [0.1, 0.15) is 0 Å². The number of ketones is 1. The summed E-state index contributed by atoms with van der Waals surface area (Å²) in [6.45, 7) is 4.92. The third kappa shape index (κ3) is 4.22. The molecule has 0 fully saturated rings. The van der Waals surface area contributed by atoms with Gasteiger partial charge in [-0.25, -0.2) is 0 Å². The molecule has 4 heteroatoms. The Morgan fingerprint density at radius 1 is 1.17 bits per heavy atom. The Balaban J connectivity index is 2.87. The SMILES string of the molecule is CCOc1ccc(C(=O)CCCCl)cc1OCC. The summed E-state index contributed by atoms with van der Waals surface area (Å²) in [7, 11) is 0. The summed E-state index contributed by atoms with van der Waals surface area (Å²) in [6, 6.07) is 5.29. The van der Waals surface area contributed by atoms with Crippen molar-refractivity contribution in [1.29, 1.82) is 0 Å². The van der Waals surface area contributed by atoms with E-state index in [1.165, 1.54) is 0 Å². The molecule has 1 aromatic carbocycles. The van der Waals surface area contributed by atoms with Crippen molar-refractivity contribution >= 4 is 17.4 Å². The van der Waals surface area contributed by atoms with Crippen LogP contribution in [0.3, 0.4) is 0 Å². The van der Waals surface area contributed by atoms with Gasteiger partial charge >= 0.3 is 0 Å². The van der Waals surface area contributed by atoms with E-state index in [9.17, 15) is 4.79 Å². The van der Waals surface area contributed by atoms with Gasteiger partial charge in [0.25, 0.3) is 0 Å². The number of alkyl halides is 1. The van der Waals surface area contributed by atoms with Gasteiger partial charge in [-0.05, 0) is 38.5 Å². The van der Waals surface area contributed by atoms with E-state index in [2.05, 4.69) is 0 Å². The second-order valence-corrected chi connectivity index (χ2v) is 4.12. The molecule has 3 nitrogen and oxygen atoms in total. The zero-order valence-corrected chi connectivity index (χ0v) is 11.6. The molecule has 0 N–H and O–H groups in total. The van der Waals surface area contributed by atoms with Crippen LogP contribution in [0.15, 0.2) is 18.2 Å². The van der Waals surface area contributed by atoms with Crippen LogP contribution in [-0.2, 0) is 0 Å². The van der Waals surface area contributed by atoms with Crippen LogP contribution in [0, 0.1) is 0 Å². The van der Waals surface area contributed by atoms with Crippen molar-refractivity contribution in [2.75, 3.05) is 19.1 Å². The summed E-state index contributed by atoms with van der Waals surface area (Å²) in [5.41, 5.74) is 0.645. The number of rotatable bonds is 8. The van der Waals surface area contributed by atoms with Crippen LogP contribution in [0.5, 0.6) is 11.5 Å². The van der Waals surface area contributed by atoms with Crippen molar-refractivity contribution in [2.45, 2.75) is 26.7 Å². The highest BCUT2D eigenvalue weighted by atomic mass is 35.5. The fourth-order valence-electron chi connectivity index (χ4n) is 1.60. The molecule has 0 aliphatic rings. The van der Waals surface area contributed by atoms with Gasteiger partial charge in [0.2, 0.25) is 0 Å². The molecule has 0 saturated heterocycles. The Bertz CT molecular complexity index is 391. The number of hydrogen-bond donors (Lipinski definition) is 0. The van der Waals surface area contributed by atoms with Crippen molar-refractivity contribution in [2.24, 2.45) is 0 Å². The zero-order chi connectivity index (χ0) is 13.4. The molecular formula is C14H19ClO3. The summed E-state index contributed by atoms with van der Waals surface area (Å²) in [4.78, 5) is 11.9. The highest BCUT2D eigenvalue weighted by Crippen LogP contribution is 2.29. The lowest BCUT2D eigenvalue weighted by molar-refractivity contribution is 0.0981. The van der Waals surface area contributed by atoms with E-state index in [1.807, 2.05) is 13.8 Å². The smallest absolute Gasteiger partial charge is 0.163 e. The number of halogens is 1. The molecule has 1 rings (SSSR count). The van der Waals surface area contributed by atoms with Crippen molar-refractivity contribution in [3.63, 3.8) is 0 Å². The minimum atomic E-state index is 0.0830. The first-order valence-corrected chi connectivity index (χ1v) is 6.75. The van der Waals surface area contributed by atoms with Crippen LogP contribution in [0.4, 0.5) is 0 Å². The molecule has 0 aliphatic heterocycles. The van der Waals surface area contributed by atoms with E-state index >= 15 is 0 Å². The Kier molecular flexibility index (Phi) is 6.58. The second kappa shape index (κ2) is 7.98. The van der Waals surface area contributed by atoms with Crippen molar-refractivity contribution in [1.82, 2.24) is 0 Å². The van der Waals surface area contributed by atoms with E-state index < -0.39 is 0 Å². The molecule has 0 atom stereocenters. The predicted molar refractivity (Wildman–Crippen MR) is 73.1 cm³/mol. The van der Waals surface area contributed by atoms with Gasteiger partial charge in [0, 0.05) is 17.9 Å². The first-order chi connectivity index (χ1) is 8.72. The van der Waals surface area contributed by atoms with Crippen LogP contribution in [-0.4, -0.2) is 24.9 Å². The maximum atomic E-state index is 11.9. The standard InChI is InChI=1S/C14H19ClO3/c1-3-17-13-8-7-11(10-14(13)18-4-2)12(16)6-5-9-15/h7-8,10H,3-6,9H2,1-2H3. The fourth-order valence-corrected chi connectivity index (χ4v) is 1.73. The maximum Gasteiger partial charge on any atom is 0.163 e. The van der Waals surface area contributed by atoms with Gasteiger partial charge in [-0.3, -0.25) is 4.79 Å². The van der Waals surface area contributed by atoms with Crippen molar-refractivity contribution in [3.8, 4) is 11.5 Å². The molecule has 0 unspecified atom stereocenters. The molecule has 0 aromatic heterocycles. The molecule has 0 aliphatic carbocycles. The highest BCUT2D eigenvalue weighted by molar-refractivity contribution is 6.18. The lowest BCUT2D eigenvalue weighted by Crippen LogP contribution is -2.03. The molecule has 1 aromatic rings. The van der Waals surface area contributed by atoms with Gasteiger partial charge in [-0.1, -0.05) is 0 Å². The Labute approximate surface area is 113 Å². The van der Waals surface area contributed by atoms with Gasteiger partial charge < -0.3 is 9.47 Å². The predicted octanol–water partition coefficient (Wildman–Crippen LogP) is 3.69. The molecular weight excluding hydrogens is 252 g/mol. The van der Waals surface area contributed by atoms with Gasteiger partial charge in [-0.15, -0.1) is 11.6 Å². The lowest BCUT2D eigenvalue weighted by Gasteiger charge is -2.11. The number of hydrogen-bond acceptors (Lipinski definition) is 3. The summed E-state index contributed by atoms with van der Waals surface area (Å²) in [5.74, 6) is 1.88. The molecule has 100 valence electrons. The molecule has 0 spiro atoms. The Morgan fingerprint density at radius 3 is 2.44 bits per heavy atom. The van der Waals surface area contributed by atoms with Crippen LogP contribution in [0.1, 0.15) is 37.0 Å². The summed E-state index contributed by atoms with van der Waals surface area (Å²) in [5, 5.41) is 0. The third-order valence-corrected chi connectivity index (χ3v) is 2.67. The number of Topliss-reactive ketones (excluding diaryl/α,β-unsaturated/α-hetero) is 1. The molecule has 0 amide bonds. The number of ether oxygens (including phenoxy) is 2.